The largest absolute Gasteiger partial charge is 0.381 e. The second-order valence-electron chi connectivity index (χ2n) is 4.04. The van der Waals surface area contributed by atoms with Gasteiger partial charge in [0.1, 0.15) is 0 Å². The molecule has 0 radical (unpaired) electrons. The molecule has 0 bridgehead atoms. The molecule has 0 saturated carbocycles. The summed E-state index contributed by atoms with van der Waals surface area (Å²) < 4.78 is 5.24. The van der Waals surface area contributed by atoms with Crippen LogP contribution in [0.4, 0.5) is 0 Å². The van der Waals surface area contributed by atoms with Crippen molar-refractivity contribution in [3.8, 4) is 0 Å². The van der Waals surface area contributed by atoms with Crippen molar-refractivity contribution < 1.29 is 9.53 Å². The molecule has 2 saturated heterocycles. The van der Waals surface area contributed by atoms with Crippen molar-refractivity contribution in [3.63, 3.8) is 0 Å². The number of halogens is 1. The topological polar surface area (TPSA) is 50.4 Å². The summed E-state index contributed by atoms with van der Waals surface area (Å²) >= 11 is 0. The molecule has 0 aliphatic carbocycles. The van der Waals surface area contributed by atoms with Gasteiger partial charge in [-0.05, 0) is 32.2 Å². The Morgan fingerprint density at radius 3 is 2.60 bits per heavy atom. The summed E-state index contributed by atoms with van der Waals surface area (Å²) in [6.07, 6.45) is 4.01. The highest BCUT2D eigenvalue weighted by atomic mass is 35.5. The molecule has 88 valence electrons. The van der Waals surface area contributed by atoms with E-state index in [-0.39, 0.29) is 24.4 Å². The third kappa shape index (κ3) is 3.63. The second-order valence-corrected chi connectivity index (χ2v) is 4.04. The van der Waals surface area contributed by atoms with Crippen LogP contribution >= 0.6 is 12.4 Å². The number of carbonyl (C=O) groups excluding carboxylic acids is 1. The predicted octanol–water partition coefficient (Wildman–Crippen LogP) is 0.455. The van der Waals surface area contributed by atoms with E-state index in [2.05, 4.69) is 10.6 Å². The highest BCUT2D eigenvalue weighted by molar-refractivity contribution is 5.85. The number of carbonyl (C=O) groups is 1. The van der Waals surface area contributed by atoms with Crippen LogP contribution in [0.15, 0.2) is 0 Å². The van der Waals surface area contributed by atoms with Crippen molar-refractivity contribution in [1.82, 2.24) is 10.6 Å². The van der Waals surface area contributed by atoms with Crippen LogP contribution in [0.25, 0.3) is 0 Å². The number of hydrogen-bond acceptors (Lipinski definition) is 3. The van der Waals surface area contributed by atoms with Crippen LogP contribution in [-0.4, -0.2) is 37.7 Å². The molecule has 2 N–H and O–H groups in total. The maximum atomic E-state index is 11.7. The van der Waals surface area contributed by atoms with Gasteiger partial charge in [0.05, 0.1) is 6.04 Å². The predicted molar refractivity (Wildman–Crippen MR) is 60.3 cm³/mol. The molecule has 2 aliphatic heterocycles. The number of amides is 1. The lowest BCUT2D eigenvalue weighted by atomic mass is 10.1. The zero-order valence-corrected chi connectivity index (χ0v) is 9.65. The minimum absolute atomic E-state index is 0. The van der Waals surface area contributed by atoms with Crippen molar-refractivity contribution in [3.05, 3.63) is 0 Å². The first-order valence-corrected chi connectivity index (χ1v) is 5.48. The fourth-order valence-corrected chi connectivity index (χ4v) is 2.05. The summed E-state index contributed by atoms with van der Waals surface area (Å²) in [6, 6.07) is 0.386. The standard InChI is InChI=1S/C10H18N2O2.ClH/c13-10(9-2-1-5-11-9)12-8-3-6-14-7-4-8;/h8-9,11H,1-7H2,(H,12,13);1H. The first-order chi connectivity index (χ1) is 6.86. The maximum absolute atomic E-state index is 11.7. The Bertz CT molecular complexity index is 202. The molecule has 4 nitrogen and oxygen atoms in total. The van der Waals surface area contributed by atoms with Gasteiger partial charge < -0.3 is 15.4 Å². The highest BCUT2D eigenvalue weighted by Gasteiger charge is 2.24. The number of nitrogens with one attached hydrogen (secondary N) is 2. The van der Waals surface area contributed by atoms with Crippen molar-refractivity contribution >= 4 is 18.3 Å². The Morgan fingerprint density at radius 2 is 2.00 bits per heavy atom. The van der Waals surface area contributed by atoms with Gasteiger partial charge in [0.25, 0.3) is 0 Å². The Kier molecular flexibility index (Phi) is 5.36. The fraction of sp³-hybridized carbons (Fsp3) is 0.900. The zero-order chi connectivity index (χ0) is 9.80. The molecule has 2 heterocycles. The molecular formula is C10H19ClN2O2. The van der Waals surface area contributed by atoms with Gasteiger partial charge in [-0.2, -0.15) is 0 Å². The normalized spacial score (nSPS) is 27.1. The van der Waals surface area contributed by atoms with Gasteiger partial charge in [0, 0.05) is 19.3 Å². The van der Waals surface area contributed by atoms with Gasteiger partial charge in [-0.3, -0.25) is 4.79 Å². The van der Waals surface area contributed by atoms with Gasteiger partial charge in [-0.25, -0.2) is 0 Å². The van der Waals surface area contributed by atoms with Crippen LogP contribution < -0.4 is 10.6 Å². The van der Waals surface area contributed by atoms with Gasteiger partial charge in [0.2, 0.25) is 5.91 Å². The van der Waals surface area contributed by atoms with Crippen LogP contribution in [0, 0.1) is 0 Å². The van der Waals surface area contributed by atoms with E-state index >= 15 is 0 Å². The molecule has 1 unspecified atom stereocenters. The molecule has 2 aliphatic rings. The maximum Gasteiger partial charge on any atom is 0.237 e. The Hall–Kier alpha value is -0.320. The Morgan fingerprint density at radius 1 is 1.27 bits per heavy atom. The van der Waals surface area contributed by atoms with E-state index in [1.807, 2.05) is 0 Å². The Labute approximate surface area is 96.5 Å². The lowest BCUT2D eigenvalue weighted by Gasteiger charge is -2.24. The third-order valence-corrected chi connectivity index (χ3v) is 2.94. The van der Waals surface area contributed by atoms with Crippen molar-refractivity contribution in [2.24, 2.45) is 0 Å². The summed E-state index contributed by atoms with van der Waals surface area (Å²) in [6.45, 7) is 2.54. The summed E-state index contributed by atoms with van der Waals surface area (Å²) in [5.41, 5.74) is 0. The van der Waals surface area contributed by atoms with Crippen molar-refractivity contribution in [1.29, 1.82) is 0 Å². The van der Waals surface area contributed by atoms with Crippen molar-refractivity contribution in [2.75, 3.05) is 19.8 Å². The summed E-state index contributed by atoms with van der Waals surface area (Å²) in [7, 11) is 0. The van der Waals surface area contributed by atoms with Crippen molar-refractivity contribution in [2.45, 2.75) is 37.8 Å². The van der Waals surface area contributed by atoms with Gasteiger partial charge in [0.15, 0.2) is 0 Å². The van der Waals surface area contributed by atoms with Crippen LogP contribution in [0.5, 0.6) is 0 Å². The van der Waals surface area contributed by atoms with E-state index in [4.69, 9.17) is 4.74 Å². The molecule has 0 aromatic rings. The molecule has 2 rings (SSSR count). The molecule has 2 fully saturated rings. The lowest BCUT2D eigenvalue weighted by Crippen LogP contribution is -2.46. The van der Waals surface area contributed by atoms with E-state index in [1.165, 1.54) is 0 Å². The number of hydrogen-bond donors (Lipinski definition) is 2. The smallest absolute Gasteiger partial charge is 0.237 e. The number of ether oxygens (including phenoxy) is 1. The van der Waals surface area contributed by atoms with Gasteiger partial charge in [-0.15, -0.1) is 12.4 Å². The zero-order valence-electron chi connectivity index (χ0n) is 8.83. The molecule has 15 heavy (non-hydrogen) atoms. The average Bonchev–Trinajstić information content (AvgIpc) is 2.72. The molecule has 1 amide bonds. The van der Waals surface area contributed by atoms with Crippen LogP contribution in [0.1, 0.15) is 25.7 Å². The van der Waals surface area contributed by atoms with E-state index in [1.54, 1.807) is 0 Å². The summed E-state index contributed by atoms with van der Waals surface area (Å²) in [5.74, 6) is 0.175. The second kappa shape index (κ2) is 6.30. The SMILES string of the molecule is Cl.O=C(NC1CCOCC1)C1CCCN1. The summed E-state index contributed by atoms with van der Waals surface area (Å²) in [5, 5.41) is 6.28. The molecular weight excluding hydrogens is 216 g/mol. The average molecular weight is 235 g/mol. The minimum Gasteiger partial charge on any atom is -0.381 e. The van der Waals surface area contributed by atoms with Gasteiger partial charge >= 0.3 is 0 Å². The summed E-state index contributed by atoms with van der Waals surface area (Å²) in [4.78, 5) is 11.7. The fourth-order valence-electron chi connectivity index (χ4n) is 2.05. The molecule has 0 aromatic heterocycles. The monoisotopic (exact) mass is 234 g/mol. The molecule has 0 aromatic carbocycles. The van der Waals surface area contributed by atoms with Crippen LogP contribution in [-0.2, 0) is 9.53 Å². The Balaban J connectivity index is 0.00000112. The highest BCUT2D eigenvalue weighted by Crippen LogP contribution is 2.09. The quantitative estimate of drug-likeness (QED) is 0.730. The first kappa shape index (κ1) is 12.7. The lowest BCUT2D eigenvalue weighted by molar-refractivity contribution is -0.124. The van der Waals surface area contributed by atoms with E-state index in [0.29, 0.717) is 6.04 Å². The van der Waals surface area contributed by atoms with E-state index in [0.717, 1.165) is 45.4 Å². The van der Waals surface area contributed by atoms with E-state index < -0.39 is 0 Å². The molecule has 5 heteroatoms. The number of rotatable bonds is 2. The van der Waals surface area contributed by atoms with Crippen LogP contribution in [0.2, 0.25) is 0 Å². The third-order valence-electron chi connectivity index (χ3n) is 2.94. The molecule has 0 spiro atoms. The molecule has 1 atom stereocenters. The first-order valence-electron chi connectivity index (χ1n) is 5.48. The van der Waals surface area contributed by atoms with Crippen LogP contribution in [0.3, 0.4) is 0 Å². The minimum atomic E-state index is 0. The van der Waals surface area contributed by atoms with E-state index in [9.17, 15) is 4.79 Å². The van der Waals surface area contributed by atoms with Gasteiger partial charge in [-0.1, -0.05) is 0 Å².